The van der Waals surface area contributed by atoms with Crippen LogP contribution in [0.3, 0.4) is 0 Å². The average molecular weight is 352 g/mol. The van der Waals surface area contributed by atoms with Gasteiger partial charge in [0.2, 0.25) is 0 Å². The summed E-state index contributed by atoms with van der Waals surface area (Å²) in [6.45, 7) is 2.96. The Morgan fingerprint density at radius 3 is 2.88 bits per heavy atom. The van der Waals surface area contributed by atoms with Crippen LogP contribution in [0.15, 0.2) is 35.3 Å². The summed E-state index contributed by atoms with van der Waals surface area (Å²) >= 11 is 0. The number of nitrogens with one attached hydrogen (secondary N) is 2. The van der Waals surface area contributed by atoms with E-state index in [9.17, 15) is 0 Å². The third-order valence-corrected chi connectivity index (χ3v) is 5.37. The number of aliphatic imine (C=N–C) groups is 1. The van der Waals surface area contributed by atoms with E-state index in [2.05, 4.69) is 67.6 Å². The molecule has 1 aromatic heterocycles. The van der Waals surface area contributed by atoms with Gasteiger partial charge in [0.15, 0.2) is 11.8 Å². The van der Waals surface area contributed by atoms with Crippen molar-refractivity contribution in [2.45, 2.75) is 57.7 Å². The molecule has 26 heavy (non-hydrogen) atoms. The van der Waals surface area contributed by atoms with Gasteiger partial charge in [0, 0.05) is 32.0 Å². The maximum Gasteiger partial charge on any atom is 0.191 e. The zero-order valence-corrected chi connectivity index (χ0v) is 15.7. The first-order valence-electron chi connectivity index (χ1n) is 9.71. The predicted molar refractivity (Wildman–Crippen MR) is 103 cm³/mol. The monoisotopic (exact) mass is 352 g/mol. The molecule has 2 aliphatic rings. The Hall–Kier alpha value is -2.37. The molecular formula is C20H28N6. The Kier molecular flexibility index (Phi) is 4.91. The zero-order chi connectivity index (χ0) is 17.9. The highest BCUT2D eigenvalue weighted by molar-refractivity contribution is 5.80. The molecule has 0 bridgehead atoms. The van der Waals surface area contributed by atoms with Crippen LogP contribution in [0.1, 0.15) is 37.0 Å². The van der Waals surface area contributed by atoms with Gasteiger partial charge in [-0.25, -0.2) is 9.67 Å². The van der Waals surface area contributed by atoms with Crippen molar-refractivity contribution in [1.82, 2.24) is 25.4 Å². The SMILES string of the molecule is CCc1nc2n(n1)CC(NC(=NC)NC1CC1Cc1ccccc1)CC2. The summed E-state index contributed by atoms with van der Waals surface area (Å²) in [6, 6.07) is 11.6. The van der Waals surface area contributed by atoms with Gasteiger partial charge in [0.1, 0.15) is 5.82 Å². The minimum Gasteiger partial charge on any atom is -0.353 e. The second-order valence-corrected chi connectivity index (χ2v) is 7.37. The van der Waals surface area contributed by atoms with Crippen molar-refractivity contribution in [3.05, 3.63) is 47.5 Å². The van der Waals surface area contributed by atoms with Gasteiger partial charge in [-0.15, -0.1) is 0 Å². The Morgan fingerprint density at radius 2 is 2.12 bits per heavy atom. The molecule has 1 fully saturated rings. The van der Waals surface area contributed by atoms with Crippen molar-refractivity contribution in [3.8, 4) is 0 Å². The lowest BCUT2D eigenvalue weighted by Crippen LogP contribution is -2.48. The smallest absolute Gasteiger partial charge is 0.191 e. The number of rotatable bonds is 5. The van der Waals surface area contributed by atoms with Crippen molar-refractivity contribution < 1.29 is 0 Å². The first-order valence-corrected chi connectivity index (χ1v) is 9.71. The highest BCUT2D eigenvalue weighted by Crippen LogP contribution is 2.33. The maximum absolute atomic E-state index is 4.59. The van der Waals surface area contributed by atoms with E-state index in [1.54, 1.807) is 0 Å². The van der Waals surface area contributed by atoms with Crippen LogP contribution in [0.2, 0.25) is 0 Å². The second-order valence-electron chi connectivity index (χ2n) is 7.37. The molecule has 2 heterocycles. The molecule has 0 amide bonds. The van der Waals surface area contributed by atoms with E-state index in [0.29, 0.717) is 18.0 Å². The average Bonchev–Trinajstić information content (AvgIpc) is 3.25. The van der Waals surface area contributed by atoms with Gasteiger partial charge >= 0.3 is 0 Å². The van der Waals surface area contributed by atoms with Crippen LogP contribution in [0.25, 0.3) is 0 Å². The summed E-state index contributed by atoms with van der Waals surface area (Å²) in [5.41, 5.74) is 1.42. The van der Waals surface area contributed by atoms with Crippen LogP contribution in [-0.2, 0) is 25.8 Å². The summed E-state index contributed by atoms with van der Waals surface area (Å²) < 4.78 is 2.06. The van der Waals surface area contributed by atoms with E-state index >= 15 is 0 Å². The van der Waals surface area contributed by atoms with Gasteiger partial charge in [-0.3, -0.25) is 4.99 Å². The molecule has 1 aliphatic carbocycles. The number of nitrogens with zero attached hydrogens (tertiary/aromatic N) is 4. The van der Waals surface area contributed by atoms with E-state index in [4.69, 9.17) is 0 Å². The van der Waals surface area contributed by atoms with E-state index in [-0.39, 0.29) is 0 Å². The van der Waals surface area contributed by atoms with Crippen molar-refractivity contribution in [2.75, 3.05) is 7.05 Å². The summed E-state index contributed by atoms with van der Waals surface area (Å²) in [7, 11) is 1.85. The van der Waals surface area contributed by atoms with E-state index in [1.807, 2.05) is 7.05 Å². The van der Waals surface area contributed by atoms with Crippen LogP contribution < -0.4 is 10.6 Å². The summed E-state index contributed by atoms with van der Waals surface area (Å²) in [5.74, 6) is 3.68. The van der Waals surface area contributed by atoms with Gasteiger partial charge in [-0.05, 0) is 30.7 Å². The van der Waals surface area contributed by atoms with Crippen molar-refractivity contribution in [1.29, 1.82) is 0 Å². The molecule has 2 N–H and O–H groups in total. The molecular weight excluding hydrogens is 324 g/mol. The molecule has 1 aromatic carbocycles. The summed E-state index contributed by atoms with van der Waals surface area (Å²) in [4.78, 5) is 9.02. The number of hydrogen-bond donors (Lipinski definition) is 2. The van der Waals surface area contributed by atoms with Crippen molar-refractivity contribution in [2.24, 2.45) is 10.9 Å². The minimum atomic E-state index is 0.353. The molecule has 1 saturated carbocycles. The Morgan fingerprint density at radius 1 is 1.27 bits per heavy atom. The van der Waals surface area contributed by atoms with Crippen LogP contribution in [0, 0.1) is 5.92 Å². The van der Waals surface area contributed by atoms with Crippen LogP contribution in [-0.4, -0.2) is 39.9 Å². The zero-order valence-electron chi connectivity index (χ0n) is 15.7. The molecule has 6 nitrogen and oxygen atoms in total. The van der Waals surface area contributed by atoms with Gasteiger partial charge in [0.25, 0.3) is 0 Å². The van der Waals surface area contributed by atoms with Gasteiger partial charge in [0.05, 0.1) is 6.54 Å². The van der Waals surface area contributed by atoms with Gasteiger partial charge in [-0.2, -0.15) is 5.10 Å². The number of guanidine groups is 1. The number of aromatic nitrogens is 3. The highest BCUT2D eigenvalue weighted by Gasteiger charge is 2.37. The molecule has 3 unspecified atom stereocenters. The first kappa shape index (κ1) is 17.1. The molecule has 2 aromatic rings. The molecule has 4 rings (SSSR count). The van der Waals surface area contributed by atoms with Crippen LogP contribution in [0.4, 0.5) is 0 Å². The van der Waals surface area contributed by atoms with Crippen LogP contribution >= 0.6 is 0 Å². The van der Waals surface area contributed by atoms with Gasteiger partial charge in [-0.1, -0.05) is 37.3 Å². The lowest BCUT2D eigenvalue weighted by molar-refractivity contribution is 0.392. The molecule has 1 aliphatic heterocycles. The second kappa shape index (κ2) is 7.48. The Bertz CT molecular complexity index is 766. The first-order chi connectivity index (χ1) is 12.7. The third kappa shape index (κ3) is 3.89. The third-order valence-electron chi connectivity index (χ3n) is 5.37. The van der Waals surface area contributed by atoms with Crippen molar-refractivity contribution in [3.63, 3.8) is 0 Å². The highest BCUT2D eigenvalue weighted by atomic mass is 15.4. The lowest BCUT2D eigenvalue weighted by Gasteiger charge is -2.25. The lowest BCUT2D eigenvalue weighted by atomic mass is 10.1. The Balaban J connectivity index is 1.28. The van der Waals surface area contributed by atoms with Gasteiger partial charge < -0.3 is 10.6 Å². The quantitative estimate of drug-likeness (QED) is 0.638. The Labute approximate surface area is 155 Å². The van der Waals surface area contributed by atoms with E-state index in [0.717, 1.165) is 49.8 Å². The molecule has 3 atom stereocenters. The fourth-order valence-electron chi connectivity index (χ4n) is 3.73. The molecule has 6 heteroatoms. The molecule has 0 radical (unpaired) electrons. The standard InChI is InChI=1S/C20H28N6/c1-3-18-24-19-10-9-16(13-26(19)25-18)22-20(21-2)23-17-12-15(17)11-14-7-5-4-6-8-14/h4-8,15-17H,3,9-13H2,1-2H3,(H2,21,22,23). The number of benzene rings is 1. The van der Waals surface area contributed by atoms with Crippen LogP contribution in [0.5, 0.6) is 0 Å². The minimum absolute atomic E-state index is 0.353. The summed E-state index contributed by atoms with van der Waals surface area (Å²) in [6.07, 6.45) is 5.29. The fraction of sp³-hybridized carbons (Fsp3) is 0.550. The largest absolute Gasteiger partial charge is 0.353 e. The maximum atomic E-state index is 4.59. The fourth-order valence-corrected chi connectivity index (χ4v) is 3.73. The van der Waals surface area contributed by atoms with E-state index < -0.39 is 0 Å². The topological polar surface area (TPSA) is 67.1 Å². The normalized spacial score (nSPS) is 24.8. The summed E-state index contributed by atoms with van der Waals surface area (Å²) in [5, 5.41) is 11.8. The number of hydrogen-bond acceptors (Lipinski definition) is 3. The molecule has 138 valence electrons. The number of aryl methyl sites for hydroxylation is 2. The predicted octanol–water partition coefficient (Wildman–Crippen LogP) is 1.95. The molecule has 0 spiro atoms. The van der Waals surface area contributed by atoms with Crippen molar-refractivity contribution >= 4 is 5.96 Å². The molecule has 0 saturated heterocycles. The number of fused-ring (bicyclic) bond motifs is 1. The van der Waals surface area contributed by atoms with E-state index in [1.165, 1.54) is 12.0 Å².